The summed E-state index contributed by atoms with van der Waals surface area (Å²) in [5.41, 5.74) is 6.44. The number of nitro groups is 1. The molecule has 0 radical (unpaired) electrons. The minimum Gasteiger partial charge on any atom is -0.366 e. The van der Waals surface area contributed by atoms with Crippen molar-refractivity contribution in [2.45, 2.75) is 26.7 Å². The van der Waals surface area contributed by atoms with Gasteiger partial charge in [0.15, 0.2) is 0 Å². The van der Waals surface area contributed by atoms with Crippen LogP contribution in [0.15, 0.2) is 18.2 Å². The van der Waals surface area contributed by atoms with E-state index in [9.17, 15) is 14.9 Å². The molecule has 132 valence electrons. The van der Waals surface area contributed by atoms with E-state index in [1.54, 1.807) is 24.1 Å². The van der Waals surface area contributed by atoms with E-state index in [0.29, 0.717) is 24.3 Å². The summed E-state index contributed by atoms with van der Waals surface area (Å²) in [6, 6.07) is 4.76. The van der Waals surface area contributed by atoms with Gasteiger partial charge in [-0.15, -0.1) is 0 Å². The third kappa shape index (κ3) is 4.03. The Morgan fingerprint density at radius 1 is 1.38 bits per heavy atom. The number of hydrogen-bond donors (Lipinski definition) is 1. The highest BCUT2D eigenvalue weighted by atomic mass is 16.6. The maximum Gasteiger partial charge on any atom is 0.293 e. The third-order valence-electron chi connectivity index (χ3n) is 4.43. The van der Waals surface area contributed by atoms with Crippen LogP contribution in [0.5, 0.6) is 0 Å². The Kier molecular flexibility index (Phi) is 5.43. The second kappa shape index (κ2) is 7.17. The van der Waals surface area contributed by atoms with Crippen LogP contribution in [-0.4, -0.2) is 49.0 Å². The van der Waals surface area contributed by atoms with Gasteiger partial charge >= 0.3 is 0 Å². The monoisotopic (exact) mass is 334 g/mol. The summed E-state index contributed by atoms with van der Waals surface area (Å²) >= 11 is 0. The second-order valence-corrected chi connectivity index (χ2v) is 7.18. The van der Waals surface area contributed by atoms with Crippen molar-refractivity contribution in [1.82, 2.24) is 4.90 Å². The number of carbonyl (C=O) groups is 1. The van der Waals surface area contributed by atoms with E-state index in [-0.39, 0.29) is 17.0 Å². The van der Waals surface area contributed by atoms with Crippen LogP contribution in [0, 0.1) is 15.5 Å². The van der Waals surface area contributed by atoms with Gasteiger partial charge in [0, 0.05) is 38.3 Å². The predicted octanol–water partition coefficient (Wildman–Crippen LogP) is 2.25. The van der Waals surface area contributed by atoms with Gasteiger partial charge in [-0.2, -0.15) is 0 Å². The largest absolute Gasteiger partial charge is 0.366 e. The summed E-state index contributed by atoms with van der Waals surface area (Å²) in [7, 11) is 1.69. The fraction of sp³-hybridized carbons (Fsp3) is 0.588. The van der Waals surface area contributed by atoms with Gasteiger partial charge in [0.2, 0.25) is 0 Å². The highest BCUT2D eigenvalue weighted by Crippen LogP contribution is 2.32. The highest BCUT2D eigenvalue weighted by Gasteiger charge is 2.26. The average Bonchev–Trinajstić information content (AvgIpc) is 3.07. The van der Waals surface area contributed by atoms with Crippen LogP contribution < -0.4 is 10.6 Å². The van der Waals surface area contributed by atoms with Crippen molar-refractivity contribution in [1.29, 1.82) is 0 Å². The molecule has 2 N–H and O–H groups in total. The standard InChI is InChI=1S/C17H26N4O3/c1-17(2,11-18)12-19(3)16(22)13-6-7-14(15(10-13)21(23)24)20-8-4-5-9-20/h6-7,10H,4-5,8-9,11-12,18H2,1-3H3. The number of anilines is 1. The van der Waals surface area contributed by atoms with Gasteiger partial charge < -0.3 is 15.5 Å². The number of benzene rings is 1. The first-order valence-electron chi connectivity index (χ1n) is 8.24. The quantitative estimate of drug-likeness (QED) is 0.636. The van der Waals surface area contributed by atoms with Crippen molar-refractivity contribution in [2.75, 3.05) is 38.1 Å². The molecule has 1 aliphatic heterocycles. The minimum absolute atomic E-state index is 0.00534. The number of nitrogens with zero attached hydrogens (tertiary/aromatic N) is 3. The highest BCUT2D eigenvalue weighted by molar-refractivity contribution is 5.95. The molecule has 0 aromatic heterocycles. The molecule has 1 aliphatic rings. The van der Waals surface area contributed by atoms with Crippen LogP contribution in [0.1, 0.15) is 37.0 Å². The minimum atomic E-state index is -0.408. The Balaban J connectivity index is 2.26. The summed E-state index contributed by atoms with van der Waals surface area (Å²) in [6.45, 7) is 6.55. The molecule has 2 rings (SSSR count). The lowest BCUT2D eigenvalue weighted by atomic mass is 9.93. The number of nitrogens with two attached hydrogens (primary N) is 1. The Bertz CT molecular complexity index is 624. The molecular formula is C17H26N4O3. The smallest absolute Gasteiger partial charge is 0.293 e. The molecule has 0 unspecified atom stereocenters. The van der Waals surface area contributed by atoms with E-state index < -0.39 is 4.92 Å². The average molecular weight is 334 g/mol. The van der Waals surface area contributed by atoms with Crippen molar-refractivity contribution in [3.8, 4) is 0 Å². The molecule has 1 heterocycles. The number of carbonyl (C=O) groups excluding carboxylic acids is 1. The van der Waals surface area contributed by atoms with Gasteiger partial charge in [-0.25, -0.2) is 0 Å². The zero-order valence-electron chi connectivity index (χ0n) is 14.6. The maximum atomic E-state index is 12.6. The van der Waals surface area contributed by atoms with Gasteiger partial charge in [0.1, 0.15) is 5.69 Å². The molecule has 0 saturated carbocycles. The van der Waals surface area contributed by atoms with Crippen LogP contribution in [-0.2, 0) is 0 Å². The topological polar surface area (TPSA) is 92.7 Å². The van der Waals surface area contributed by atoms with Crippen LogP contribution in [0.25, 0.3) is 0 Å². The SMILES string of the molecule is CN(CC(C)(C)CN)C(=O)c1ccc(N2CCCC2)c([N+](=O)[O-])c1. The number of amides is 1. The maximum absolute atomic E-state index is 12.6. The first-order chi connectivity index (χ1) is 11.2. The molecule has 0 aliphatic carbocycles. The molecular weight excluding hydrogens is 308 g/mol. The van der Waals surface area contributed by atoms with Gasteiger partial charge in [-0.3, -0.25) is 14.9 Å². The summed E-state index contributed by atoms with van der Waals surface area (Å²) in [5, 5.41) is 11.4. The molecule has 7 heteroatoms. The van der Waals surface area contributed by atoms with Crippen molar-refractivity contribution >= 4 is 17.3 Å². The Hall–Kier alpha value is -2.15. The third-order valence-corrected chi connectivity index (χ3v) is 4.43. The summed E-state index contributed by atoms with van der Waals surface area (Å²) in [4.78, 5) is 27.2. The van der Waals surface area contributed by atoms with Crippen molar-refractivity contribution in [3.63, 3.8) is 0 Å². The second-order valence-electron chi connectivity index (χ2n) is 7.18. The first kappa shape index (κ1) is 18.2. The summed E-state index contributed by atoms with van der Waals surface area (Å²) in [5.74, 6) is -0.229. The number of nitro benzene ring substituents is 1. The van der Waals surface area contributed by atoms with Gasteiger partial charge in [0.05, 0.1) is 4.92 Å². The first-order valence-corrected chi connectivity index (χ1v) is 8.24. The molecule has 0 spiro atoms. The Labute approximate surface area is 142 Å². The molecule has 1 amide bonds. The fourth-order valence-corrected chi connectivity index (χ4v) is 3.03. The predicted molar refractivity (Wildman–Crippen MR) is 94.3 cm³/mol. The van der Waals surface area contributed by atoms with Gasteiger partial charge in [-0.05, 0) is 36.9 Å². The van der Waals surface area contributed by atoms with E-state index in [1.807, 2.05) is 18.7 Å². The molecule has 1 aromatic carbocycles. The molecule has 7 nitrogen and oxygen atoms in total. The van der Waals surface area contributed by atoms with Crippen molar-refractivity contribution in [3.05, 3.63) is 33.9 Å². The van der Waals surface area contributed by atoms with Crippen molar-refractivity contribution in [2.24, 2.45) is 11.1 Å². The normalized spacial score (nSPS) is 14.8. The van der Waals surface area contributed by atoms with E-state index >= 15 is 0 Å². The summed E-state index contributed by atoms with van der Waals surface area (Å²) in [6.07, 6.45) is 2.07. The lowest BCUT2D eigenvalue weighted by Gasteiger charge is -2.29. The van der Waals surface area contributed by atoms with Crippen molar-refractivity contribution < 1.29 is 9.72 Å². The molecule has 1 saturated heterocycles. The van der Waals surface area contributed by atoms with E-state index in [0.717, 1.165) is 25.9 Å². The van der Waals surface area contributed by atoms with Crippen LogP contribution >= 0.6 is 0 Å². The summed E-state index contributed by atoms with van der Waals surface area (Å²) < 4.78 is 0. The number of rotatable bonds is 6. The van der Waals surface area contributed by atoms with Crippen LogP contribution in [0.2, 0.25) is 0 Å². The molecule has 0 atom stereocenters. The molecule has 1 aromatic rings. The number of hydrogen-bond acceptors (Lipinski definition) is 5. The molecule has 1 fully saturated rings. The van der Waals surface area contributed by atoms with Crippen LogP contribution in [0.3, 0.4) is 0 Å². The molecule has 24 heavy (non-hydrogen) atoms. The van der Waals surface area contributed by atoms with Crippen LogP contribution in [0.4, 0.5) is 11.4 Å². The van der Waals surface area contributed by atoms with Gasteiger partial charge in [-0.1, -0.05) is 13.8 Å². The van der Waals surface area contributed by atoms with Gasteiger partial charge in [0.25, 0.3) is 11.6 Å². The van der Waals surface area contributed by atoms with E-state index in [1.165, 1.54) is 6.07 Å². The lowest BCUT2D eigenvalue weighted by Crippen LogP contribution is -2.39. The Morgan fingerprint density at radius 2 is 2.00 bits per heavy atom. The van der Waals surface area contributed by atoms with E-state index in [2.05, 4.69) is 0 Å². The lowest BCUT2D eigenvalue weighted by molar-refractivity contribution is -0.384. The zero-order valence-corrected chi connectivity index (χ0v) is 14.6. The zero-order chi connectivity index (χ0) is 17.9. The fourth-order valence-electron chi connectivity index (χ4n) is 3.03. The Morgan fingerprint density at radius 3 is 2.54 bits per heavy atom. The molecule has 0 bridgehead atoms. The van der Waals surface area contributed by atoms with E-state index in [4.69, 9.17) is 5.73 Å².